The zero-order valence-corrected chi connectivity index (χ0v) is 9.62. The molecule has 86 valence electrons. The Labute approximate surface area is 90.5 Å². The molecule has 2 fully saturated rings. The Hall–Kier alpha value is -0.610. The molecule has 1 saturated carbocycles. The predicted molar refractivity (Wildman–Crippen MR) is 57.2 cm³/mol. The SMILES string of the molecule is C[C@@H](N)C(=O)NC1C2CCOC2C1(C)C. The van der Waals surface area contributed by atoms with Gasteiger partial charge >= 0.3 is 0 Å². The second kappa shape index (κ2) is 3.46. The highest BCUT2D eigenvalue weighted by atomic mass is 16.5. The quantitative estimate of drug-likeness (QED) is 0.690. The van der Waals surface area contributed by atoms with Crippen LogP contribution in [0.1, 0.15) is 27.2 Å². The van der Waals surface area contributed by atoms with Crippen LogP contribution in [-0.2, 0) is 9.53 Å². The van der Waals surface area contributed by atoms with E-state index in [9.17, 15) is 4.79 Å². The molecule has 0 aromatic heterocycles. The normalized spacial score (nSPS) is 39.1. The van der Waals surface area contributed by atoms with Crippen molar-refractivity contribution >= 4 is 5.91 Å². The van der Waals surface area contributed by atoms with E-state index in [0.29, 0.717) is 12.0 Å². The fourth-order valence-electron chi connectivity index (χ4n) is 2.90. The number of nitrogens with two attached hydrogens (primary N) is 1. The van der Waals surface area contributed by atoms with Crippen LogP contribution in [0.4, 0.5) is 0 Å². The van der Waals surface area contributed by atoms with E-state index in [4.69, 9.17) is 10.5 Å². The van der Waals surface area contributed by atoms with Crippen molar-refractivity contribution in [1.29, 1.82) is 0 Å². The van der Waals surface area contributed by atoms with E-state index in [1.54, 1.807) is 6.92 Å². The predicted octanol–water partition coefficient (Wildman–Crippen LogP) is 0.263. The number of amides is 1. The van der Waals surface area contributed by atoms with E-state index in [-0.39, 0.29) is 17.4 Å². The maximum Gasteiger partial charge on any atom is 0.236 e. The first-order valence-corrected chi connectivity index (χ1v) is 5.62. The fraction of sp³-hybridized carbons (Fsp3) is 0.909. The molecule has 1 amide bonds. The van der Waals surface area contributed by atoms with E-state index in [2.05, 4.69) is 19.2 Å². The van der Waals surface area contributed by atoms with E-state index in [1.165, 1.54) is 0 Å². The third-order valence-corrected chi connectivity index (χ3v) is 3.81. The first-order chi connectivity index (χ1) is 6.94. The molecule has 0 aromatic rings. The maximum atomic E-state index is 11.5. The average Bonchev–Trinajstić information content (AvgIpc) is 2.59. The van der Waals surface area contributed by atoms with Gasteiger partial charge in [-0.15, -0.1) is 0 Å². The number of hydrogen-bond donors (Lipinski definition) is 2. The summed E-state index contributed by atoms with van der Waals surface area (Å²) in [5.41, 5.74) is 5.59. The van der Waals surface area contributed by atoms with Gasteiger partial charge in [-0.1, -0.05) is 13.8 Å². The van der Waals surface area contributed by atoms with Gasteiger partial charge in [0.05, 0.1) is 12.1 Å². The molecule has 4 heteroatoms. The summed E-state index contributed by atoms with van der Waals surface area (Å²) in [5, 5.41) is 3.03. The second-order valence-electron chi connectivity index (χ2n) is 5.34. The molecule has 0 radical (unpaired) electrons. The summed E-state index contributed by atoms with van der Waals surface area (Å²) in [6.45, 7) is 6.82. The second-order valence-corrected chi connectivity index (χ2v) is 5.34. The van der Waals surface area contributed by atoms with Crippen LogP contribution in [0, 0.1) is 11.3 Å². The van der Waals surface area contributed by atoms with Crippen LogP contribution < -0.4 is 11.1 Å². The molecule has 1 aliphatic carbocycles. The largest absolute Gasteiger partial charge is 0.377 e. The molecule has 0 aromatic carbocycles. The van der Waals surface area contributed by atoms with Crippen molar-refractivity contribution in [2.24, 2.45) is 17.1 Å². The zero-order chi connectivity index (χ0) is 11.2. The van der Waals surface area contributed by atoms with Crippen molar-refractivity contribution < 1.29 is 9.53 Å². The van der Waals surface area contributed by atoms with Crippen LogP contribution in [0.3, 0.4) is 0 Å². The van der Waals surface area contributed by atoms with Crippen molar-refractivity contribution in [2.75, 3.05) is 6.61 Å². The lowest BCUT2D eigenvalue weighted by Crippen LogP contribution is -2.67. The number of fused-ring (bicyclic) bond motifs is 1. The van der Waals surface area contributed by atoms with E-state index in [0.717, 1.165) is 13.0 Å². The van der Waals surface area contributed by atoms with Crippen molar-refractivity contribution in [3.05, 3.63) is 0 Å². The molecule has 3 N–H and O–H groups in total. The lowest BCUT2D eigenvalue weighted by atomic mass is 9.57. The topological polar surface area (TPSA) is 64.4 Å². The molecule has 4 nitrogen and oxygen atoms in total. The third kappa shape index (κ3) is 1.56. The average molecular weight is 212 g/mol. The van der Waals surface area contributed by atoms with Gasteiger partial charge in [0.1, 0.15) is 0 Å². The first-order valence-electron chi connectivity index (χ1n) is 5.62. The molecule has 3 unspecified atom stereocenters. The van der Waals surface area contributed by atoms with E-state index < -0.39 is 6.04 Å². The summed E-state index contributed by atoms with van der Waals surface area (Å²) in [5.74, 6) is 0.432. The van der Waals surface area contributed by atoms with Crippen LogP contribution >= 0.6 is 0 Å². The summed E-state index contributed by atoms with van der Waals surface area (Å²) in [4.78, 5) is 11.5. The molecule has 0 spiro atoms. The summed E-state index contributed by atoms with van der Waals surface area (Å²) in [7, 11) is 0. The number of carbonyl (C=O) groups is 1. The van der Waals surface area contributed by atoms with Gasteiger partial charge in [0.2, 0.25) is 5.91 Å². The summed E-state index contributed by atoms with van der Waals surface area (Å²) in [6, 6.07) is -0.203. The van der Waals surface area contributed by atoms with Crippen LogP contribution in [-0.4, -0.2) is 30.7 Å². The third-order valence-electron chi connectivity index (χ3n) is 3.81. The van der Waals surface area contributed by atoms with E-state index in [1.807, 2.05) is 0 Å². The molecular weight excluding hydrogens is 192 g/mol. The standard InChI is InChI=1S/C11H20N2O2/c1-6(12)10(14)13-8-7-4-5-15-9(7)11(8,2)3/h6-9H,4-5,12H2,1-3H3,(H,13,14)/t6-,7?,8?,9?/m1/s1. The molecule has 15 heavy (non-hydrogen) atoms. The Kier molecular flexibility index (Phi) is 2.51. The van der Waals surface area contributed by atoms with Gasteiger partial charge in [-0.25, -0.2) is 0 Å². The fourth-order valence-corrected chi connectivity index (χ4v) is 2.90. The van der Waals surface area contributed by atoms with Gasteiger partial charge in [0, 0.05) is 24.0 Å². The van der Waals surface area contributed by atoms with Gasteiger partial charge in [-0.2, -0.15) is 0 Å². The minimum Gasteiger partial charge on any atom is -0.377 e. The van der Waals surface area contributed by atoms with Crippen molar-refractivity contribution in [3.63, 3.8) is 0 Å². The van der Waals surface area contributed by atoms with Gasteiger partial charge in [-0.05, 0) is 13.3 Å². The van der Waals surface area contributed by atoms with Crippen molar-refractivity contribution in [1.82, 2.24) is 5.32 Å². The Morgan fingerprint density at radius 1 is 1.60 bits per heavy atom. The summed E-state index contributed by atoms with van der Waals surface area (Å²) < 4.78 is 5.66. The molecule has 2 rings (SSSR count). The van der Waals surface area contributed by atoms with E-state index >= 15 is 0 Å². The highest BCUT2D eigenvalue weighted by molar-refractivity contribution is 5.81. The molecule has 1 heterocycles. The molecular formula is C11H20N2O2. The van der Waals surface area contributed by atoms with Gasteiger partial charge in [-0.3, -0.25) is 4.79 Å². The number of carbonyl (C=O) groups excluding carboxylic acids is 1. The Bertz CT molecular complexity index is 276. The van der Waals surface area contributed by atoms with Crippen LogP contribution in [0.25, 0.3) is 0 Å². The zero-order valence-electron chi connectivity index (χ0n) is 9.62. The Balaban J connectivity index is 2.01. The Morgan fingerprint density at radius 3 is 2.87 bits per heavy atom. The molecule has 2 aliphatic rings. The molecule has 1 saturated heterocycles. The molecule has 4 atom stereocenters. The van der Waals surface area contributed by atoms with Crippen LogP contribution in [0.2, 0.25) is 0 Å². The van der Waals surface area contributed by atoms with Crippen LogP contribution in [0.5, 0.6) is 0 Å². The highest BCUT2D eigenvalue weighted by Crippen LogP contribution is 2.52. The lowest BCUT2D eigenvalue weighted by Gasteiger charge is -2.54. The highest BCUT2D eigenvalue weighted by Gasteiger charge is 2.59. The molecule has 0 bridgehead atoms. The monoisotopic (exact) mass is 212 g/mol. The first kappa shape index (κ1) is 10.9. The van der Waals surface area contributed by atoms with Crippen molar-refractivity contribution in [2.45, 2.75) is 45.4 Å². The van der Waals surface area contributed by atoms with Crippen LogP contribution in [0.15, 0.2) is 0 Å². The number of hydrogen-bond acceptors (Lipinski definition) is 3. The summed E-state index contributed by atoms with van der Waals surface area (Å²) in [6.07, 6.45) is 1.37. The maximum absolute atomic E-state index is 11.5. The number of nitrogens with one attached hydrogen (secondary N) is 1. The van der Waals surface area contributed by atoms with Gasteiger partial charge in [0.25, 0.3) is 0 Å². The van der Waals surface area contributed by atoms with Gasteiger partial charge in [0.15, 0.2) is 0 Å². The number of ether oxygens (including phenoxy) is 1. The number of rotatable bonds is 2. The lowest BCUT2D eigenvalue weighted by molar-refractivity contribution is -0.138. The van der Waals surface area contributed by atoms with Crippen molar-refractivity contribution in [3.8, 4) is 0 Å². The van der Waals surface area contributed by atoms with Gasteiger partial charge < -0.3 is 15.8 Å². The minimum absolute atomic E-state index is 0.0473. The molecule has 1 aliphatic heterocycles. The Morgan fingerprint density at radius 2 is 2.27 bits per heavy atom. The smallest absolute Gasteiger partial charge is 0.236 e. The summed E-state index contributed by atoms with van der Waals surface area (Å²) >= 11 is 0. The minimum atomic E-state index is -0.429.